The molecule has 1 heterocycles. The molecule has 0 spiro atoms. The molecule has 0 aromatic carbocycles. The summed E-state index contributed by atoms with van der Waals surface area (Å²) in [5.74, 6) is -0.730. The summed E-state index contributed by atoms with van der Waals surface area (Å²) in [4.78, 5) is 22.5. The molecule has 0 unspecified atom stereocenters. The maximum Gasteiger partial charge on any atom is 0.258 e. The minimum Gasteiger partial charge on any atom is -0.288 e. The number of hydrogen-bond acceptors (Lipinski definition) is 2. The Morgan fingerprint density at radius 2 is 1.71 bits per heavy atom. The van der Waals surface area contributed by atoms with Crippen LogP contribution in [0.2, 0.25) is 0 Å². The summed E-state index contributed by atoms with van der Waals surface area (Å²) < 4.78 is 0. The quantitative estimate of drug-likeness (QED) is 0.525. The average molecular weight is 189 g/mol. The topological polar surface area (TPSA) is 46.2 Å². The zero-order chi connectivity index (χ0) is 10.6. The lowest BCUT2D eigenvalue weighted by Gasteiger charge is -1.90. The molecule has 0 saturated carbocycles. The van der Waals surface area contributed by atoms with E-state index in [1.807, 2.05) is 6.92 Å². The maximum atomic E-state index is 11.3. The van der Waals surface area contributed by atoms with Crippen LogP contribution in [0.5, 0.6) is 0 Å². The molecule has 1 N–H and O–H groups in total. The molecule has 1 fully saturated rings. The van der Waals surface area contributed by atoms with Crippen molar-refractivity contribution in [3.05, 3.63) is 48.1 Å². The number of allylic oxidation sites excluding steroid dienone is 5. The van der Waals surface area contributed by atoms with E-state index in [1.165, 1.54) is 12.2 Å². The van der Waals surface area contributed by atoms with Gasteiger partial charge in [-0.25, -0.2) is 0 Å². The summed E-state index contributed by atoms with van der Waals surface area (Å²) in [7, 11) is 0. The van der Waals surface area contributed by atoms with Gasteiger partial charge in [-0.2, -0.15) is 0 Å². The van der Waals surface area contributed by atoms with Crippen molar-refractivity contribution in [3.8, 4) is 0 Å². The standard InChI is InChI=1S/C11H11NO2/c1-3-5-7-9-8(6-4-2)10(13)12-11(9)14/h3-7H,2H2,1H3,(H,12,13,14)/b5-3-,8-6+,9-7+. The minimum atomic E-state index is -0.370. The summed E-state index contributed by atoms with van der Waals surface area (Å²) in [6.45, 7) is 5.32. The van der Waals surface area contributed by atoms with Gasteiger partial charge in [0.1, 0.15) is 0 Å². The van der Waals surface area contributed by atoms with Gasteiger partial charge in [0, 0.05) is 0 Å². The lowest BCUT2D eigenvalue weighted by molar-refractivity contribution is -0.123. The largest absolute Gasteiger partial charge is 0.288 e. The molecule has 72 valence electrons. The van der Waals surface area contributed by atoms with Gasteiger partial charge in [-0.15, -0.1) is 0 Å². The molecule has 3 nitrogen and oxygen atoms in total. The second kappa shape index (κ2) is 4.37. The summed E-state index contributed by atoms with van der Waals surface area (Å²) in [6, 6.07) is 0. The van der Waals surface area contributed by atoms with E-state index >= 15 is 0 Å². The number of hydrogen-bond donors (Lipinski definition) is 1. The minimum absolute atomic E-state index is 0.360. The molecule has 2 amide bonds. The highest BCUT2D eigenvalue weighted by Crippen LogP contribution is 2.17. The van der Waals surface area contributed by atoms with Gasteiger partial charge in [0.2, 0.25) is 0 Å². The van der Waals surface area contributed by atoms with Gasteiger partial charge in [-0.05, 0) is 19.1 Å². The van der Waals surface area contributed by atoms with Crippen LogP contribution in [0.4, 0.5) is 0 Å². The summed E-state index contributed by atoms with van der Waals surface area (Å²) in [5.41, 5.74) is 0.746. The number of carbonyl (C=O) groups excluding carboxylic acids is 2. The van der Waals surface area contributed by atoms with Gasteiger partial charge >= 0.3 is 0 Å². The van der Waals surface area contributed by atoms with Crippen molar-refractivity contribution in [3.63, 3.8) is 0 Å². The molecule has 0 atom stereocenters. The predicted molar refractivity (Wildman–Crippen MR) is 54.3 cm³/mol. The van der Waals surface area contributed by atoms with Crippen LogP contribution < -0.4 is 5.32 Å². The van der Waals surface area contributed by atoms with Crippen LogP contribution in [-0.4, -0.2) is 11.8 Å². The zero-order valence-corrected chi connectivity index (χ0v) is 7.91. The SMILES string of the molecule is C=C/C=C1/C(=O)NC(=O)/C1=C/C=C\C. The number of nitrogens with one attached hydrogen (secondary N) is 1. The third-order valence-electron chi connectivity index (χ3n) is 1.75. The first-order valence-corrected chi connectivity index (χ1v) is 4.22. The van der Waals surface area contributed by atoms with Gasteiger partial charge in [0.15, 0.2) is 0 Å². The Labute approximate surface area is 82.5 Å². The Balaban J connectivity index is 3.13. The molecule has 0 radical (unpaired) electrons. The molecule has 0 bridgehead atoms. The Hall–Kier alpha value is -1.90. The monoisotopic (exact) mass is 189 g/mol. The first-order valence-electron chi connectivity index (χ1n) is 4.22. The van der Waals surface area contributed by atoms with E-state index in [4.69, 9.17) is 0 Å². The maximum absolute atomic E-state index is 11.3. The fourth-order valence-electron chi connectivity index (χ4n) is 1.12. The Morgan fingerprint density at radius 3 is 2.21 bits per heavy atom. The van der Waals surface area contributed by atoms with E-state index in [9.17, 15) is 9.59 Å². The predicted octanol–water partition coefficient (Wildman–Crippen LogP) is 1.26. The molecule has 1 aliphatic rings. The smallest absolute Gasteiger partial charge is 0.258 e. The average Bonchev–Trinajstić information content (AvgIpc) is 2.40. The van der Waals surface area contributed by atoms with E-state index in [-0.39, 0.29) is 11.8 Å². The third-order valence-corrected chi connectivity index (χ3v) is 1.75. The van der Waals surface area contributed by atoms with Crippen molar-refractivity contribution in [1.82, 2.24) is 5.32 Å². The first-order chi connectivity index (χ1) is 6.70. The Bertz CT molecular complexity index is 373. The van der Waals surface area contributed by atoms with Crippen molar-refractivity contribution >= 4 is 11.8 Å². The Morgan fingerprint density at radius 1 is 1.14 bits per heavy atom. The first kappa shape index (κ1) is 10.2. The van der Waals surface area contributed by atoms with Crippen molar-refractivity contribution in [2.24, 2.45) is 0 Å². The van der Waals surface area contributed by atoms with Gasteiger partial charge < -0.3 is 0 Å². The molecule has 0 aromatic heterocycles. The van der Waals surface area contributed by atoms with E-state index < -0.39 is 0 Å². The molecule has 0 aromatic rings. The molecule has 1 rings (SSSR count). The lowest BCUT2D eigenvalue weighted by atomic mass is 10.1. The number of rotatable bonds is 2. The van der Waals surface area contributed by atoms with Crippen LogP contribution in [-0.2, 0) is 9.59 Å². The van der Waals surface area contributed by atoms with Gasteiger partial charge in [-0.1, -0.05) is 24.8 Å². The normalized spacial score (nSPS) is 22.4. The highest BCUT2D eigenvalue weighted by Gasteiger charge is 2.28. The zero-order valence-electron chi connectivity index (χ0n) is 7.91. The van der Waals surface area contributed by atoms with Crippen LogP contribution in [0, 0.1) is 0 Å². The van der Waals surface area contributed by atoms with Crippen molar-refractivity contribution in [2.75, 3.05) is 0 Å². The van der Waals surface area contributed by atoms with Crippen LogP contribution in [0.25, 0.3) is 0 Å². The van der Waals surface area contributed by atoms with Crippen LogP contribution in [0.15, 0.2) is 48.1 Å². The molecule has 0 aliphatic carbocycles. The third kappa shape index (κ3) is 1.88. The van der Waals surface area contributed by atoms with Crippen LogP contribution >= 0.6 is 0 Å². The van der Waals surface area contributed by atoms with Crippen LogP contribution in [0.1, 0.15) is 6.92 Å². The fraction of sp³-hybridized carbons (Fsp3) is 0.0909. The lowest BCUT2D eigenvalue weighted by Crippen LogP contribution is -2.19. The van der Waals surface area contributed by atoms with Gasteiger partial charge in [0.25, 0.3) is 11.8 Å². The molecule has 3 heteroatoms. The summed E-state index contributed by atoms with van der Waals surface area (Å²) in [6.07, 6.45) is 8.11. The van der Waals surface area contributed by atoms with Gasteiger partial charge in [-0.3, -0.25) is 14.9 Å². The summed E-state index contributed by atoms with van der Waals surface area (Å²) >= 11 is 0. The highest BCUT2D eigenvalue weighted by atomic mass is 16.2. The molecule has 1 aliphatic heterocycles. The van der Waals surface area contributed by atoms with Crippen molar-refractivity contribution < 1.29 is 9.59 Å². The van der Waals surface area contributed by atoms with Crippen molar-refractivity contribution in [1.29, 1.82) is 0 Å². The molecule has 1 saturated heterocycles. The highest BCUT2D eigenvalue weighted by molar-refractivity contribution is 6.24. The molecule has 14 heavy (non-hydrogen) atoms. The molecular weight excluding hydrogens is 178 g/mol. The van der Waals surface area contributed by atoms with E-state index in [0.717, 1.165) is 0 Å². The second-order valence-corrected chi connectivity index (χ2v) is 2.71. The van der Waals surface area contributed by atoms with E-state index in [2.05, 4.69) is 11.9 Å². The number of amides is 2. The van der Waals surface area contributed by atoms with E-state index in [1.54, 1.807) is 18.2 Å². The number of carbonyl (C=O) groups is 2. The van der Waals surface area contributed by atoms with Gasteiger partial charge in [0.05, 0.1) is 11.1 Å². The number of imide groups is 1. The second-order valence-electron chi connectivity index (χ2n) is 2.71. The summed E-state index contributed by atoms with van der Waals surface area (Å²) in [5, 5.41) is 2.21. The Kier molecular flexibility index (Phi) is 3.18. The van der Waals surface area contributed by atoms with Crippen LogP contribution in [0.3, 0.4) is 0 Å². The van der Waals surface area contributed by atoms with Crippen molar-refractivity contribution in [2.45, 2.75) is 6.92 Å². The van der Waals surface area contributed by atoms with E-state index in [0.29, 0.717) is 11.1 Å². The molecular formula is C11H11NO2. The fourth-order valence-corrected chi connectivity index (χ4v) is 1.12.